The van der Waals surface area contributed by atoms with Crippen LogP contribution in [0.3, 0.4) is 0 Å². The molecule has 0 saturated heterocycles. The molecule has 5 rings (SSSR count). The van der Waals surface area contributed by atoms with Crippen LogP contribution < -0.4 is 4.74 Å². The predicted octanol–water partition coefficient (Wildman–Crippen LogP) is 10.8. The van der Waals surface area contributed by atoms with Crippen molar-refractivity contribution in [3.8, 4) is 5.75 Å². The van der Waals surface area contributed by atoms with Crippen LogP contribution >= 0.6 is 0 Å². The molecule has 3 aliphatic carbocycles. The lowest BCUT2D eigenvalue weighted by Gasteiger charge is -2.37. The summed E-state index contributed by atoms with van der Waals surface area (Å²) in [6, 6.07) is 4.70. The lowest BCUT2D eigenvalue weighted by atomic mass is 9.68. The van der Waals surface area contributed by atoms with Gasteiger partial charge in [-0.25, -0.2) is 17.6 Å². The number of rotatable bonds is 6. The predicted molar refractivity (Wildman–Crippen MR) is 144 cm³/mol. The Morgan fingerprint density at radius 1 is 0.585 bits per heavy atom. The molecule has 0 aliphatic heterocycles. The minimum Gasteiger partial charge on any atom is -0.399 e. The van der Waals surface area contributed by atoms with Gasteiger partial charge in [-0.3, -0.25) is 0 Å². The molecule has 0 spiro atoms. The van der Waals surface area contributed by atoms with Gasteiger partial charge in [-0.2, -0.15) is 0 Å². The highest BCUT2D eigenvalue weighted by molar-refractivity contribution is 5.35. The van der Waals surface area contributed by atoms with Crippen LogP contribution in [0.5, 0.6) is 5.75 Å². The van der Waals surface area contributed by atoms with E-state index in [0.29, 0.717) is 37.5 Å². The van der Waals surface area contributed by atoms with Crippen LogP contribution in [0.15, 0.2) is 36.9 Å². The van der Waals surface area contributed by atoms with Crippen LogP contribution in [0.2, 0.25) is 0 Å². The number of hydrogen-bond donors (Lipinski definition) is 0. The number of hydrogen-bond acceptors (Lipinski definition) is 1. The average Bonchev–Trinajstić information content (AvgIpc) is 2.94. The Kier molecular flexibility index (Phi) is 9.05. The molecule has 0 unspecified atom stereocenters. The second kappa shape index (κ2) is 12.4. The van der Waals surface area contributed by atoms with Gasteiger partial charge in [0.2, 0.25) is 5.75 Å². The van der Waals surface area contributed by atoms with Crippen molar-refractivity contribution in [3.63, 3.8) is 0 Å². The van der Waals surface area contributed by atoms with Crippen LogP contribution in [-0.2, 0) is 0 Å². The Morgan fingerprint density at radius 3 is 1.41 bits per heavy atom. The lowest BCUT2D eigenvalue weighted by Crippen LogP contribution is -2.25. The van der Waals surface area contributed by atoms with Crippen molar-refractivity contribution >= 4 is 0 Å². The lowest BCUT2D eigenvalue weighted by molar-refractivity contribution is -0.276. The second-order valence-corrected chi connectivity index (χ2v) is 12.3. The first-order valence-electron chi connectivity index (χ1n) is 14.9. The van der Waals surface area contributed by atoms with Gasteiger partial charge in [0.25, 0.3) is 0 Å². The largest absolute Gasteiger partial charge is 0.573 e. The summed E-state index contributed by atoms with van der Waals surface area (Å²) in [6.45, 7) is 3.93. The number of benzene rings is 2. The maximum atomic E-state index is 15.3. The highest BCUT2D eigenvalue weighted by Gasteiger charge is 2.36. The summed E-state index contributed by atoms with van der Waals surface area (Å²) in [7, 11) is 0. The maximum absolute atomic E-state index is 15.3. The minimum absolute atomic E-state index is 0.0613. The summed E-state index contributed by atoms with van der Waals surface area (Å²) < 4.78 is 99.9. The van der Waals surface area contributed by atoms with Gasteiger partial charge in [0.1, 0.15) is 11.6 Å². The molecular weight excluding hydrogens is 545 g/mol. The molecule has 0 atom stereocenters. The summed E-state index contributed by atoms with van der Waals surface area (Å²) in [6.07, 6.45) is 7.46. The fraction of sp³-hybridized carbons (Fsp3) is 0.576. The summed E-state index contributed by atoms with van der Waals surface area (Å²) in [5.74, 6) is -3.90. The summed E-state index contributed by atoms with van der Waals surface area (Å²) in [5, 5.41) is 0. The van der Waals surface area contributed by atoms with Crippen LogP contribution in [0.1, 0.15) is 111 Å². The molecule has 0 bridgehead atoms. The molecule has 8 heteroatoms. The fourth-order valence-corrected chi connectivity index (χ4v) is 7.75. The number of alkyl halides is 3. The van der Waals surface area contributed by atoms with E-state index in [0.717, 1.165) is 49.3 Å². The van der Waals surface area contributed by atoms with E-state index in [9.17, 15) is 22.0 Å². The van der Waals surface area contributed by atoms with Crippen molar-refractivity contribution in [1.82, 2.24) is 0 Å². The first-order valence-corrected chi connectivity index (χ1v) is 14.9. The minimum atomic E-state index is -5.21. The molecule has 3 fully saturated rings. The standard InChI is InChI=1S/C33H37F7O/c1-2-19-3-5-20(6-4-19)21-7-9-22(10-8-21)25-15-27(34)31(28(35)16-25)24-13-11-23(12-14-24)26-17-29(36)32(30(37)18-26)41-33(38,39)40/h2,15-24H,1,3-14H2. The van der Waals surface area contributed by atoms with E-state index < -0.39 is 35.4 Å². The summed E-state index contributed by atoms with van der Waals surface area (Å²) in [4.78, 5) is 0. The van der Waals surface area contributed by atoms with Crippen molar-refractivity contribution in [2.24, 2.45) is 17.8 Å². The van der Waals surface area contributed by atoms with Crippen molar-refractivity contribution in [2.45, 2.75) is 101 Å². The average molecular weight is 583 g/mol. The Labute approximate surface area is 237 Å². The van der Waals surface area contributed by atoms with E-state index in [2.05, 4.69) is 17.4 Å². The Bertz CT molecular complexity index is 1170. The van der Waals surface area contributed by atoms with Gasteiger partial charge < -0.3 is 4.74 Å². The first kappa shape index (κ1) is 30.0. The van der Waals surface area contributed by atoms with Gasteiger partial charge >= 0.3 is 6.36 Å². The zero-order valence-corrected chi connectivity index (χ0v) is 23.1. The zero-order chi connectivity index (χ0) is 29.3. The Hall–Kier alpha value is -2.51. The van der Waals surface area contributed by atoms with E-state index in [1.807, 2.05) is 0 Å². The highest BCUT2D eigenvalue weighted by Crippen LogP contribution is 2.46. The van der Waals surface area contributed by atoms with Crippen LogP contribution in [0.25, 0.3) is 0 Å². The Balaban J connectivity index is 1.19. The van der Waals surface area contributed by atoms with Gasteiger partial charge in [0.15, 0.2) is 11.6 Å². The molecule has 3 saturated carbocycles. The SMILES string of the molecule is C=CC1CCC(C2CCC(c3cc(F)c(C4CCC(c5cc(F)c(OC(F)(F)F)c(F)c5)CC4)c(F)c3)CC2)CC1. The molecule has 2 aromatic rings. The monoisotopic (exact) mass is 582 g/mol. The van der Waals surface area contributed by atoms with Crippen LogP contribution in [0, 0.1) is 41.0 Å². The van der Waals surface area contributed by atoms with E-state index in [4.69, 9.17) is 0 Å². The third kappa shape index (κ3) is 6.94. The molecule has 0 amide bonds. The number of ether oxygens (including phenoxy) is 1. The highest BCUT2D eigenvalue weighted by atomic mass is 19.4. The van der Waals surface area contributed by atoms with Crippen molar-refractivity contribution in [1.29, 1.82) is 0 Å². The fourth-order valence-electron chi connectivity index (χ4n) is 7.75. The topological polar surface area (TPSA) is 9.23 Å². The first-order chi connectivity index (χ1) is 19.5. The van der Waals surface area contributed by atoms with Gasteiger partial charge in [0.05, 0.1) is 0 Å². The van der Waals surface area contributed by atoms with Gasteiger partial charge in [-0.1, -0.05) is 6.08 Å². The van der Waals surface area contributed by atoms with E-state index >= 15 is 8.78 Å². The third-order valence-electron chi connectivity index (χ3n) is 10.0. The Morgan fingerprint density at radius 2 is 0.976 bits per heavy atom. The quantitative estimate of drug-likeness (QED) is 0.243. The van der Waals surface area contributed by atoms with Crippen LogP contribution in [0.4, 0.5) is 30.7 Å². The molecule has 2 aromatic carbocycles. The molecule has 41 heavy (non-hydrogen) atoms. The van der Waals surface area contributed by atoms with E-state index in [1.165, 1.54) is 37.8 Å². The summed E-state index contributed by atoms with van der Waals surface area (Å²) >= 11 is 0. The molecular formula is C33H37F7O. The smallest absolute Gasteiger partial charge is 0.399 e. The van der Waals surface area contributed by atoms with Gasteiger partial charge in [-0.15, -0.1) is 19.8 Å². The molecule has 0 aromatic heterocycles. The second-order valence-electron chi connectivity index (χ2n) is 12.3. The molecule has 1 nitrogen and oxygen atoms in total. The van der Waals surface area contributed by atoms with E-state index in [1.54, 1.807) is 0 Å². The normalized spacial score (nSPS) is 29.2. The third-order valence-corrected chi connectivity index (χ3v) is 10.0. The van der Waals surface area contributed by atoms with Crippen LogP contribution in [-0.4, -0.2) is 6.36 Å². The zero-order valence-electron chi connectivity index (χ0n) is 23.1. The molecule has 0 heterocycles. The van der Waals surface area contributed by atoms with Gasteiger partial charge in [-0.05, 0) is 148 Å². The van der Waals surface area contributed by atoms with Crippen molar-refractivity contribution in [3.05, 3.63) is 76.9 Å². The van der Waals surface area contributed by atoms with Crippen molar-refractivity contribution < 1.29 is 35.5 Å². The van der Waals surface area contributed by atoms with Gasteiger partial charge in [0, 0.05) is 5.56 Å². The number of halogens is 7. The maximum Gasteiger partial charge on any atom is 0.573 e. The summed E-state index contributed by atoms with van der Waals surface area (Å²) in [5.41, 5.74) is 0.998. The molecule has 224 valence electrons. The number of allylic oxidation sites excluding steroid dienone is 1. The molecule has 0 radical (unpaired) electrons. The van der Waals surface area contributed by atoms with Crippen molar-refractivity contribution in [2.75, 3.05) is 0 Å². The molecule has 3 aliphatic rings. The van der Waals surface area contributed by atoms with E-state index in [-0.39, 0.29) is 28.9 Å². The molecule has 0 N–H and O–H groups in total.